The lowest BCUT2D eigenvalue weighted by atomic mass is 10.3. The van der Waals surface area contributed by atoms with Gasteiger partial charge < -0.3 is 4.74 Å². The Labute approximate surface area is 82.2 Å². The van der Waals surface area contributed by atoms with E-state index >= 15 is 0 Å². The van der Waals surface area contributed by atoms with Crippen LogP contribution in [-0.4, -0.2) is 16.7 Å². The maximum Gasteiger partial charge on any atom is 0.181 e. The molecule has 2 heterocycles. The minimum Gasteiger partial charge on any atom is -0.491 e. The van der Waals surface area contributed by atoms with Gasteiger partial charge in [-0.25, -0.2) is 8.91 Å². The SMILES string of the molecule is COc1c(F)ccn2ncc(Br)c12. The van der Waals surface area contributed by atoms with Gasteiger partial charge in [0.25, 0.3) is 0 Å². The molecule has 2 aromatic heterocycles. The normalized spacial score (nSPS) is 10.7. The fraction of sp³-hybridized carbons (Fsp3) is 0.125. The second-order valence-corrected chi connectivity index (χ2v) is 3.34. The van der Waals surface area contributed by atoms with Gasteiger partial charge in [-0.05, 0) is 22.0 Å². The molecule has 3 nitrogen and oxygen atoms in total. The van der Waals surface area contributed by atoms with Gasteiger partial charge in [0.1, 0.15) is 5.52 Å². The van der Waals surface area contributed by atoms with Gasteiger partial charge in [-0.2, -0.15) is 5.10 Å². The van der Waals surface area contributed by atoms with Crippen molar-refractivity contribution in [3.05, 3.63) is 28.7 Å². The highest BCUT2D eigenvalue weighted by Crippen LogP contribution is 2.29. The number of methoxy groups -OCH3 is 1. The van der Waals surface area contributed by atoms with E-state index in [1.807, 2.05) is 0 Å². The molecule has 0 aliphatic heterocycles. The first-order valence-electron chi connectivity index (χ1n) is 3.59. The molecule has 0 saturated heterocycles. The van der Waals surface area contributed by atoms with Crippen LogP contribution in [0, 0.1) is 5.82 Å². The van der Waals surface area contributed by atoms with Crippen molar-refractivity contribution in [3.8, 4) is 5.75 Å². The lowest BCUT2D eigenvalue weighted by Crippen LogP contribution is -1.94. The van der Waals surface area contributed by atoms with E-state index in [0.717, 1.165) is 0 Å². The van der Waals surface area contributed by atoms with Crippen molar-refractivity contribution in [1.82, 2.24) is 9.61 Å². The fourth-order valence-corrected chi connectivity index (χ4v) is 1.64. The van der Waals surface area contributed by atoms with E-state index in [1.165, 1.54) is 19.4 Å². The third-order valence-corrected chi connectivity index (χ3v) is 2.33. The summed E-state index contributed by atoms with van der Waals surface area (Å²) in [6.07, 6.45) is 3.13. The smallest absolute Gasteiger partial charge is 0.181 e. The minimum absolute atomic E-state index is 0.201. The summed E-state index contributed by atoms with van der Waals surface area (Å²) in [5.41, 5.74) is 0.600. The second kappa shape index (κ2) is 2.99. The van der Waals surface area contributed by atoms with E-state index in [4.69, 9.17) is 4.74 Å². The van der Waals surface area contributed by atoms with Gasteiger partial charge in [-0.3, -0.25) is 0 Å². The van der Waals surface area contributed by atoms with Crippen LogP contribution in [0.1, 0.15) is 0 Å². The van der Waals surface area contributed by atoms with Crippen LogP contribution in [0.5, 0.6) is 5.75 Å². The van der Waals surface area contributed by atoms with Gasteiger partial charge in [0.2, 0.25) is 0 Å². The molecule has 0 spiro atoms. The monoisotopic (exact) mass is 244 g/mol. The molecule has 0 atom stereocenters. The van der Waals surface area contributed by atoms with Crippen molar-refractivity contribution < 1.29 is 9.13 Å². The Morgan fingerprint density at radius 3 is 3.08 bits per heavy atom. The standard InChI is InChI=1S/C8H6BrFN2O/c1-13-8-6(10)2-3-12-7(8)5(9)4-11-12/h2-4H,1H3. The molecule has 0 N–H and O–H groups in total. The van der Waals surface area contributed by atoms with Gasteiger partial charge >= 0.3 is 0 Å². The Hall–Kier alpha value is -1.10. The van der Waals surface area contributed by atoms with E-state index in [1.54, 1.807) is 10.7 Å². The Morgan fingerprint density at radius 1 is 1.62 bits per heavy atom. The topological polar surface area (TPSA) is 26.5 Å². The summed E-state index contributed by atoms with van der Waals surface area (Å²) < 4.78 is 20.4. The number of hydrogen-bond acceptors (Lipinski definition) is 2. The number of aromatic nitrogens is 2. The van der Waals surface area contributed by atoms with E-state index < -0.39 is 5.82 Å². The summed E-state index contributed by atoms with van der Waals surface area (Å²) in [5.74, 6) is -0.192. The Kier molecular flexibility index (Phi) is 1.95. The van der Waals surface area contributed by atoms with Crippen molar-refractivity contribution >= 4 is 21.4 Å². The van der Waals surface area contributed by atoms with Crippen LogP contribution in [0.25, 0.3) is 5.52 Å². The number of ether oxygens (including phenoxy) is 1. The lowest BCUT2D eigenvalue weighted by molar-refractivity contribution is 0.389. The summed E-state index contributed by atoms with van der Waals surface area (Å²) in [5, 5.41) is 3.99. The Bertz CT molecular complexity index is 455. The van der Waals surface area contributed by atoms with Crippen LogP contribution < -0.4 is 4.74 Å². The molecule has 0 unspecified atom stereocenters. The highest BCUT2D eigenvalue weighted by Gasteiger charge is 2.11. The van der Waals surface area contributed by atoms with Crippen molar-refractivity contribution in [2.24, 2.45) is 0 Å². The molecule has 2 aromatic rings. The van der Waals surface area contributed by atoms with Crippen molar-refractivity contribution in [2.75, 3.05) is 7.11 Å². The zero-order chi connectivity index (χ0) is 9.42. The molecule has 0 aliphatic carbocycles. The van der Waals surface area contributed by atoms with Gasteiger partial charge in [0.05, 0.1) is 17.8 Å². The third-order valence-electron chi connectivity index (χ3n) is 1.75. The molecular weight excluding hydrogens is 239 g/mol. The number of nitrogens with zero attached hydrogens (tertiary/aromatic N) is 2. The molecule has 0 aliphatic rings. The van der Waals surface area contributed by atoms with Gasteiger partial charge in [0.15, 0.2) is 11.6 Å². The van der Waals surface area contributed by atoms with Crippen LogP contribution in [0.4, 0.5) is 4.39 Å². The summed E-state index contributed by atoms with van der Waals surface area (Å²) in [6, 6.07) is 1.31. The number of rotatable bonds is 1. The maximum atomic E-state index is 13.2. The molecule has 2 rings (SSSR count). The quantitative estimate of drug-likeness (QED) is 0.770. The average Bonchev–Trinajstić information content (AvgIpc) is 2.49. The molecule has 5 heteroatoms. The molecule has 0 saturated carbocycles. The van der Waals surface area contributed by atoms with Gasteiger partial charge in [-0.15, -0.1) is 0 Å². The van der Waals surface area contributed by atoms with E-state index in [-0.39, 0.29) is 5.75 Å². The predicted molar refractivity (Wildman–Crippen MR) is 49.4 cm³/mol. The van der Waals surface area contributed by atoms with Crippen LogP contribution >= 0.6 is 15.9 Å². The van der Waals surface area contributed by atoms with E-state index in [9.17, 15) is 4.39 Å². The molecule has 0 bridgehead atoms. The second-order valence-electron chi connectivity index (χ2n) is 2.48. The van der Waals surface area contributed by atoms with Crippen LogP contribution in [0.15, 0.2) is 22.9 Å². The number of hydrogen-bond donors (Lipinski definition) is 0. The first-order valence-corrected chi connectivity index (χ1v) is 4.38. The largest absolute Gasteiger partial charge is 0.491 e. The molecule has 0 amide bonds. The first kappa shape index (κ1) is 8.50. The third kappa shape index (κ3) is 1.19. The molecule has 68 valence electrons. The van der Waals surface area contributed by atoms with Crippen LogP contribution in [-0.2, 0) is 0 Å². The van der Waals surface area contributed by atoms with Crippen molar-refractivity contribution in [2.45, 2.75) is 0 Å². The van der Waals surface area contributed by atoms with Gasteiger partial charge in [-0.1, -0.05) is 0 Å². The predicted octanol–water partition coefficient (Wildman–Crippen LogP) is 2.24. The number of pyridine rings is 1. The zero-order valence-electron chi connectivity index (χ0n) is 6.79. The summed E-state index contributed by atoms with van der Waals surface area (Å²) in [6.45, 7) is 0. The number of halogens is 2. The highest BCUT2D eigenvalue weighted by atomic mass is 79.9. The maximum absolute atomic E-state index is 13.2. The molecule has 13 heavy (non-hydrogen) atoms. The minimum atomic E-state index is -0.392. The first-order chi connectivity index (χ1) is 6.24. The summed E-state index contributed by atoms with van der Waals surface area (Å²) >= 11 is 3.26. The average molecular weight is 245 g/mol. The lowest BCUT2D eigenvalue weighted by Gasteiger charge is -2.03. The van der Waals surface area contributed by atoms with E-state index in [0.29, 0.717) is 9.99 Å². The molecule has 0 radical (unpaired) electrons. The number of fused-ring (bicyclic) bond motifs is 1. The molecular formula is C8H6BrFN2O. The van der Waals surface area contributed by atoms with E-state index in [2.05, 4.69) is 21.0 Å². The Balaban J connectivity index is 2.88. The van der Waals surface area contributed by atoms with Crippen molar-refractivity contribution in [1.29, 1.82) is 0 Å². The highest BCUT2D eigenvalue weighted by molar-refractivity contribution is 9.10. The van der Waals surface area contributed by atoms with Crippen LogP contribution in [0.3, 0.4) is 0 Å². The molecule has 0 aromatic carbocycles. The van der Waals surface area contributed by atoms with Crippen molar-refractivity contribution in [3.63, 3.8) is 0 Å². The fourth-order valence-electron chi connectivity index (χ4n) is 1.19. The van der Waals surface area contributed by atoms with Crippen LogP contribution in [0.2, 0.25) is 0 Å². The summed E-state index contributed by atoms with van der Waals surface area (Å²) in [7, 11) is 1.43. The Morgan fingerprint density at radius 2 is 2.38 bits per heavy atom. The molecule has 0 fully saturated rings. The zero-order valence-corrected chi connectivity index (χ0v) is 8.38. The summed E-state index contributed by atoms with van der Waals surface area (Å²) in [4.78, 5) is 0. The van der Waals surface area contributed by atoms with Gasteiger partial charge in [0, 0.05) is 6.20 Å².